The quantitative estimate of drug-likeness (QED) is 0.422. The molecular formula is C22H20N8O2. The number of phenolic OH excluding ortho intramolecular Hbond substituents is 2. The van der Waals surface area contributed by atoms with Crippen LogP contribution in [0.15, 0.2) is 77.2 Å². The molecule has 0 amide bonds. The lowest BCUT2D eigenvalue weighted by Crippen LogP contribution is -2.25. The second-order valence-electron chi connectivity index (χ2n) is 6.85. The first-order valence-electron chi connectivity index (χ1n) is 9.78. The number of pyridine rings is 2. The van der Waals surface area contributed by atoms with Gasteiger partial charge in [0.05, 0.1) is 24.5 Å². The van der Waals surface area contributed by atoms with Crippen molar-refractivity contribution in [2.24, 2.45) is 10.2 Å². The van der Waals surface area contributed by atoms with Crippen molar-refractivity contribution in [2.45, 2.75) is 20.0 Å². The van der Waals surface area contributed by atoms with Gasteiger partial charge in [0.15, 0.2) is 0 Å². The molecule has 0 aliphatic carbocycles. The van der Waals surface area contributed by atoms with Crippen molar-refractivity contribution < 1.29 is 10.2 Å². The Morgan fingerprint density at radius 1 is 0.812 bits per heavy atom. The molecule has 10 heteroatoms. The van der Waals surface area contributed by atoms with Gasteiger partial charge in [-0.25, -0.2) is 0 Å². The number of nitrogens with zero attached hydrogens (tertiary/aromatic N) is 8. The van der Waals surface area contributed by atoms with Crippen molar-refractivity contribution in [3.05, 3.63) is 84.2 Å². The van der Waals surface area contributed by atoms with Gasteiger partial charge in [-0.05, 0) is 43.3 Å². The minimum absolute atomic E-state index is 0.0700. The highest BCUT2D eigenvalue weighted by atomic mass is 16.3. The highest BCUT2D eigenvalue weighted by molar-refractivity contribution is 5.53. The molecule has 0 saturated carbocycles. The van der Waals surface area contributed by atoms with Gasteiger partial charge in [0, 0.05) is 18.5 Å². The van der Waals surface area contributed by atoms with Gasteiger partial charge in [-0.15, -0.1) is 10.2 Å². The lowest BCUT2D eigenvalue weighted by Gasteiger charge is -2.22. The standard InChI is InChI=1S/C22H20N8O2/c1-15-25-21(29-28-19-9-8-18(31)12-20(19)32)27-22(26-15)30(13-16-6-2-4-10-23-16)14-17-7-3-5-11-24-17/h2-12,31-32H,13-14H2,1H3. The van der Waals surface area contributed by atoms with Crippen LogP contribution in [0.25, 0.3) is 0 Å². The molecule has 0 atom stereocenters. The fourth-order valence-electron chi connectivity index (χ4n) is 2.91. The summed E-state index contributed by atoms with van der Waals surface area (Å²) in [6, 6.07) is 15.4. The molecule has 0 fully saturated rings. The summed E-state index contributed by atoms with van der Waals surface area (Å²) in [7, 11) is 0. The van der Waals surface area contributed by atoms with Crippen molar-refractivity contribution in [3.8, 4) is 11.5 Å². The minimum atomic E-state index is -0.202. The van der Waals surface area contributed by atoms with Gasteiger partial charge in [0.2, 0.25) is 5.95 Å². The molecule has 4 aromatic rings. The zero-order valence-corrected chi connectivity index (χ0v) is 17.2. The van der Waals surface area contributed by atoms with E-state index in [1.807, 2.05) is 41.3 Å². The van der Waals surface area contributed by atoms with Crippen molar-refractivity contribution in [3.63, 3.8) is 0 Å². The minimum Gasteiger partial charge on any atom is -0.508 e. The lowest BCUT2D eigenvalue weighted by atomic mass is 10.3. The first kappa shape index (κ1) is 20.8. The summed E-state index contributed by atoms with van der Waals surface area (Å²) in [6.45, 7) is 2.65. The molecular weight excluding hydrogens is 408 g/mol. The number of rotatable bonds is 7. The average Bonchev–Trinajstić information content (AvgIpc) is 2.79. The lowest BCUT2D eigenvalue weighted by molar-refractivity contribution is 0.451. The third-order valence-corrected chi connectivity index (χ3v) is 4.37. The third kappa shape index (κ3) is 5.36. The summed E-state index contributed by atoms with van der Waals surface area (Å²) in [5, 5.41) is 27.4. The van der Waals surface area contributed by atoms with Gasteiger partial charge in [0.25, 0.3) is 5.95 Å². The van der Waals surface area contributed by atoms with Gasteiger partial charge >= 0.3 is 0 Å². The zero-order valence-electron chi connectivity index (χ0n) is 17.2. The molecule has 0 spiro atoms. The summed E-state index contributed by atoms with van der Waals surface area (Å²) in [5.74, 6) is 0.682. The smallest absolute Gasteiger partial charge is 0.273 e. The Balaban J connectivity index is 1.65. The number of hydrogen-bond acceptors (Lipinski definition) is 10. The van der Waals surface area contributed by atoms with Gasteiger partial charge in [-0.2, -0.15) is 15.0 Å². The number of hydrogen-bond donors (Lipinski definition) is 2. The number of aromatic nitrogens is 5. The third-order valence-electron chi connectivity index (χ3n) is 4.37. The maximum atomic E-state index is 9.91. The van der Waals surface area contributed by atoms with Gasteiger partial charge in [-0.3, -0.25) is 9.97 Å². The number of aryl methyl sites for hydroxylation is 1. The van der Waals surface area contributed by atoms with E-state index in [0.29, 0.717) is 24.9 Å². The predicted octanol–water partition coefficient (Wildman–Crippen LogP) is 4.00. The Morgan fingerprint density at radius 3 is 2.09 bits per heavy atom. The van der Waals surface area contributed by atoms with Crippen molar-refractivity contribution in [1.29, 1.82) is 0 Å². The molecule has 2 N–H and O–H groups in total. The summed E-state index contributed by atoms with van der Waals surface area (Å²) in [5.41, 5.74) is 1.87. The number of anilines is 1. The van der Waals surface area contributed by atoms with Gasteiger partial charge < -0.3 is 15.1 Å². The Hall–Kier alpha value is -4.47. The molecule has 1 aromatic carbocycles. The van der Waals surface area contributed by atoms with E-state index in [2.05, 4.69) is 35.1 Å². The Bertz CT molecular complexity index is 1180. The summed E-state index contributed by atoms with van der Waals surface area (Å²) in [6.07, 6.45) is 3.47. The van der Waals surface area contributed by atoms with Crippen LogP contribution in [0.4, 0.5) is 17.6 Å². The summed E-state index contributed by atoms with van der Waals surface area (Å²) >= 11 is 0. The van der Waals surface area contributed by atoms with Crippen LogP contribution in [0.1, 0.15) is 17.2 Å². The fourth-order valence-corrected chi connectivity index (χ4v) is 2.91. The highest BCUT2D eigenvalue weighted by Crippen LogP contribution is 2.31. The van der Waals surface area contributed by atoms with E-state index in [1.165, 1.54) is 18.2 Å². The SMILES string of the molecule is Cc1nc(N=Nc2ccc(O)cc2O)nc(N(Cc2ccccn2)Cc2ccccn2)n1. The Morgan fingerprint density at radius 2 is 1.50 bits per heavy atom. The monoisotopic (exact) mass is 428 g/mol. The zero-order chi connectivity index (χ0) is 22.3. The van der Waals surface area contributed by atoms with Crippen LogP contribution in [0.3, 0.4) is 0 Å². The first-order chi connectivity index (χ1) is 15.6. The second-order valence-corrected chi connectivity index (χ2v) is 6.85. The molecule has 0 saturated heterocycles. The van der Waals surface area contributed by atoms with E-state index in [9.17, 15) is 10.2 Å². The molecule has 10 nitrogen and oxygen atoms in total. The normalized spacial score (nSPS) is 11.0. The molecule has 0 aliphatic rings. The van der Waals surface area contributed by atoms with E-state index in [0.717, 1.165) is 11.4 Å². The van der Waals surface area contributed by atoms with Crippen LogP contribution in [0.5, 0.6) is 11.5 Å². The van der Waals surface area contributed by atoms with Crippen LogP contribution < -0.4 is 4.90 Å². The van der Waals surface area contributed by atoms with Crippen molar-refractivity contribution in [1.82, 2.24) is 24.9 Å². The fraction of sp³-hybridized carbons (Fsp3) is 0.136. The van der Waals surface area contributed by atoms with E-state index in [-0.39, 0.29) is 23.1 Å². The van der Waals surface area contributed by atoms with E-state index >= 15 is 0 Å². The van der Waals surface area contributed by atoms with Crippen molar-refractivity contribution in [2.75, 3.05) is 4.90 Å². The molecule has 0 radical (unpaired) electrons. The second kappa shape index (κ2) is 9.56. The van der Waals surface area contributed by atoms with Crippen LogP contribution in [-0.4, -0.2) is 35.1 Å². The Labute approximate surface area is 184 Å². The first-order valence-corrected chi connectivity index (χ1v) is 9.78. The maximum Gasteiger partial charge on any atom is 0.273 e. The molecule has 3 heterocycles. The van der Waals surface area contributed by atoms with E-state index in [1.54, 1.807) is 19.3 Å². The Kier molecular flexibility index (Phi) is 6.21. The van der Waals surface area contributed by atoms with Gasteiger partial charge in [-0.1, -0.05) is 12.1 Å². The molecule has 0 aliphatic heterocycles. The topological polar surface area (TPSA) is 133 Å². The van der Waals surface area contributed by atoms with Gasteiger partial charge in [0.1, 0.15) is 23.0 Å². The molecule has 160 valence electrons. The van der Waals surface area contributed by atoms with Crippen LogP contribution in [0.2, 0.25) is 0 Å². The molecule has 32 heavy (non-hydrogen) atoms. The number of azo groups is 1. The maximum absolute atomic E-state index is 9.91. The summed E-state index contributed by atoms with van der Waals surface area (Å²) in [4.78, 5) is 23.9. The van der Waals surface area contributed by atoms with Crippen LogP contribution in [-0.2, 0) is 13.1 Å². The number of benzene rings is 1. The molecule has 0 unspecified atom stereocenters. The van der Waals surface area contributed by atoms with Crippen LogP contribution >= 0.6 is 0 Å². The predicted molar refractivity (Wildman–Crippen MR) is 117 cm³/mol. The molecule has 3 aromatic heterocycles. The molecule has 4 rings (SSSR count). The summed E-state index contributed by atoms with van der Waals surface area (Å²) < 4.78 is 0. The molecule has 0 bridgehead atoms. The van der Waals surface area contributed by atoms with E-state index in [4.69, 9.17) is 0 Å². The van der Waals surface area contributed by atoms with E-state index < -0.39 is 0 Å². The largest absolute Gasteiger partial charge is 0.508 e. The van der Waals surface area contributed by atoms with Crippen LogP contribution in [0, 0.1) is 6.92 Å². The average molecular weight is 428 g/mol. The highest BCUT2D eigenvalue weighted by Gasteiger charge is 2.15. The van der Waals surface area contributed by atoms with Crippen molar-refractivity contribution >= 4 is 17.6 Å². The number of phenols is 2. The number of aromatic hydroxyl groups is 2.